The van der Waals surface area contributed by atoms with Crippen molar-refractivity contribution in [2.45, 2.75) is 18.4 Å². The summed E-state index contributed by atoms with van der Waals surface area (Å²) >= 11 is 0. The smallest absolute Gasteiger partial charge is 0.273 e. The van der Waals surface area contributed by atoms with Gasteiger partial charge in [-0.05, 0) is 26.9 Å². The summed E-state index contributed by atoms with van der Waals surface area (Å²) in [7, 11) is 4.09. The lowest BCUT2D eigenvalue weighted by molar-refractivity contribution is -0.00661. The largest absolute Gasteiger partial charge is 0.381 e. The molecule has 0 spiro atoms. The number of likely N-dealkylation sites (N-methyl/N-ethyl adjacent to an activating group) is 1. The van der Waals surface area contributed by atoms with Crippen LogP contribution in [0, 0.1) is 0 Å². The van der Waals surface area contributed by atoms with Crippen molar-refractivity contribution in [1.82, 2.24) is 15.4 Å². The number of amides is 1. The third-order valence-corrected chi connectivity index (χ3v) is 4.75. The Kier molecular flexibility index (Phi) is 4.97. The molecule has 24 heavy (non-hydrogen) atoms. The van der Waals surface area contributed by atoms with Gasteiger partial charge in [0.05, 0.1) is 0 Å². The summed E-state index contributed by atoms with van der Waals surface area (Å²) in [4.78, 5) is 14.6. The first kappa shape index (κ1) is 16.7. The minimum atomic E-state index is -0.214. The fourth-order valence-electron chi connectivity index (χ4n) is 2.99. The number of carbonyl (C=O) groups excluding carboxylic acids is 1. The molecule has 2 heterocycles. The van der Waals surface area contributed by atoms with E-state index >= 15 is 0 Å². The molecule has 1 amide bonds. The fourth-order valence-corrected chi connectivity index (χ4v) is 2.99. The van der Waals surface area contributed by atoms with Crippen LogP contribution in [0.15, 0.2) is 40.9 Å². The lowest BCUT2D eigenvalue weighted by Crippen LogP contribution is -2.55. The lowest BCUT2D eigenvalue weighted by Gasteiger charge is -2.42. The Morgan fingerprint density at radius 2 is 1.96 bits per heavy atom. The average Bonchev–Trinajstić information content (AvgIpc) is 3.11. The van der Waals surface area contributed by atoms with E-state index in [4.69, 9.17) is 9.26 Å². The summed E-state index contributed by atoms with van der Waals surface area (Å²) in [6.07, 6.45) is 1.79. The van der Waals surface area contributed by atoms with Crippen LogP contribution in [-0.2, 0) is 4.74 Å². The van der Waals surface area contributed by atoms with Gasteiger partial charge in [0.25, 0.3) is 5.91 Å². The third-order valence-electron chi connectivity index (χ3n) is 4.75. The zero-order valence-corrected chi connectivity index (χ0v) is 14.1. The van der Waals surface area contributed by atoms with Crippen LogP contribution in [0.2, 0.25) is 0 Å². The number of benzene rings is 1. The van der Waals surface area contributed by atoms with E-state index in [0.29, 0.717) is 18.0 Å². The molecule has 1 saturated heterocycles. The molecule has 0 bridgehead atoms. The number of carbonyl (C=O) groups is 1. The highest BCUT2D eigenvalue weighted by Gasteiger charge is 2.35. The van der Waals surface area contributed by atoms with Crippen molar-refractivity contribution in [3.8, 4) is 11.3 Å². The molecule has 1 aromatic heterocycles. The maximum atomic E-state index is 12.4. The molecular weight excluding hydrogens is 306 g/mol. The highest BCUT2D eigenvalue weighted by atomic mass is 16.5. The van der Waals surface area contributed by atoms with E-state index in [9.17, 15) is 4.79 Å². The van der Waals surface area contributed by atoms with Crippen molar-refractivity contribution >= 4 is 5.91 Å². The van der Waals surface area contributed by atoms with Gasteiger partial charge in [-0.25, -0.2) is 0 Å². The standard InChI is InChI=1S/C18H23N3O3/c1-21(2)18(8-10-23-11-9-18)13-19-17(22)15-12-16(24-20-15)14-6-4-3-5-7-14/h3-7,12H,8-11,13H2,1-2H3,(H,19,22). The van der Waals surface area contributed by atoms with E-state index in [-0.39, 0.29) is 11.4 Å². The van der Waals surface area contributed by atoms with Gasteiger partial charge in [0, 0.05) is 36.9 Å². The number of hydrogen-bond acceptors (Lipinski definition) is 5. The van der Waals surface area contributed by atoms with Crippen molar-refractivity contribution in [3.05, 3.63) is 42.1 Å². The number of nitrogens with one attached hydrogen (secondary N) is 1. The summed E-state index contributed by atoms with van der Waals surface area (Å²) in [5, 5.41) is 6.90. The summed E-state index contributed by atoms with van der Waals surface area (Å²) in [5.41, 5.74) is 1.13. The molecule has 1 N–H and O–H groups in total. The second-order valence-corrected chi connectivity index (χ2v) is 6.36. The molecule has 2 aromatic rings. The highest BCUT2D eigenvalue weighted by Crippen LogP contribution is 2.25. The molecular formula is C18H23N3O3. The Morgan fingerprint density at radius 3 is 2.62 bits per heavy atom. The first-order chi connectivity index (χ1) is 11.6. The molecule has 6 nitrogen and oxygen atoms in total. The first-order valence-corrected chi connectivity index (χ1v) is 8.16. The van der Waals surface area contributed by atoms with Crippen molar-refractivity contribution in [1.29, 1.82) is 0 Å². The third kappa shape index (κ3) is 3.49. The van der Waals surface area contributed by atoms with Crippen LogP contribution in [0.4, 0.5) is 0 Å². The quantitative estimate of drug-likeness (QED) is 0.911. The fraction of sp³-hybridized carbons (Fsp3) is 0.444. The second-order valence-electron chi connectivity index (χ2n) is 6.36. The Bertz CT molecular complexity index is 676. The molecule has 0 aliphatic carbocycles. The van der Waals surface area contributed by atoms with E-state index in [1.54, 1.807) is 6.07 Å². The summed E-state index contributed by atoms with van der Waals surface area (Å²) < 4.78 is 10.7. The predicted molar refractivity (Wildman–Crippen MR) is 90.7 cm³/mol. The predicted octanol–water partition coefficient (Wildman–Crippen LogP) is 2.18. The van der Waals surface area contributed by atoms with Gasteiger partial charge in [-0.3, -0.25) is 4.79 Å². The summed E-state index contributed by atoms with van der Waals surface area (Å²) in [6, 6.07) is 11.3. The van der Waals surface area contributed by atoms with Crippen LogP contribution in [0.5, 0.6) is 0 Å². The average molecular weight is 329 g/mol. The summed E-state index contributed by atoms with van der Waals surface area (Å²) in [6.45, 7) is 2.00. The Labute approximate surface area is 141 Å². The number of hydrogen-bond donors (Lipinski definition) is 1. The Hall–Kier alpha value is -2.18. The molecule has 6 heteroatoms. The van der Waals surface area contributed by atoms with Crippen molar-refractivity contribution in [2.24, 2.45) is 0 Å². The van der Waals surface area contributed by atoms with Crippen molar-refractivity contribution < 1.29 is 14.1 Å². The van der Waals surface area contributed by atoms with Gasteiger partial charge in [-0.2, -0.15) is 0 Å². The minimum absolute atomic E-state index is 0.0695. The molecule has 0 saturated carbocycles. The summed E-state index contributed by atoms with van der Waals surface area (Å²) in [5.74, 6) is 0.378. The number of rotatable bonds is 5. The molecule has 1 aliphatic heterocycles. The second kappa shape index (κ2) is 7.15. The zero-order valence-electron chi connectivity index (χ0n) is 14.1. The highest BCUT2D eigenvalue weighted by molar-refractivity contribution is 5.93. The SMILES string of the molecule is CN(C)C1(CNC(=O)c2cc(-c3ccccc3)on2)CCOCC1. The molecule has 1 fully saturated rings. The zero-order chi connectivity index (χ0) is 17.0. The van der Waals surface area contributed by atoms with Gasteiger partial charge >= 0.3 is 0 Å². The number of nitrogens with zero attached hydrogens (tertiary/aromatic N) is 2. The van der Waals surface area contributed by atoms with Gasteiger partial charge in [-0.1, -0.05) is 35.5 Å². The maximum Gasteiger partial charge on any atom is 0.273 e. The molecule has 0 unspecified atom stereocenters. The van der Waals surface area contributed by atoms with E-state index in [1.165, 1.54) is 0 Å². The minimum Gasteiger partial charge on any atom is -0.381 e. The van der Waals surface area contributed by atoms with Gasteiger partial charge < -0.3 is 19.5 Å². The van der Waals surface area contributed by atoms with Crippen LogP contribution < -0.4 is 5.32 Å². The van der Waals surface area contributed by atoms with Gasteiger partial charge in [-0.15, -0.1) is 0 Å². The molecule has 1 aromatic carbocycles. The topological polar surface area (TPSA) is 67.6 Å². The molecule has 1 aliphatic rings. The molecule has 128 valence electrons. The maximum absolute atomic E-state index is 12.4. The van der Waals surface area contributed by atoms with E-state index < -0.39 is 0 Å². The number of aromatic nitrogens is 1. The van der Waals surface area contributed by atoms with E-state index in [1.807, 2.05) is 44.4 Å². The van der Waals surface area contributed by atoms with Gasteiger partial charge in [0.1, 0.15) is 0 Å². The molecule has 0 atom stereocenters. The number of ether oxygens (including phenoxy) is 1. The van der Waals surface area contributed by atoms with Crippen molar-refractivity contribution in [3.63, 3.8) is 0 Å². The Balaban J connectivity index is 1.66. The van der Waals surface area contributed by atoms with Gasteiger partial charge in [0.2, 0.25) is 0 Å². The normalized spacial score (nSPS) is 17.0. The van der Waals surface area contributed by atoms with E-state index in [2.05, 4.69) is 15.4 Å². The molecule has 3 rings (SSSR count). The van der Waals surface area contributed by atoms with Gasteiger partial charge in [0.15, 0.2) is 11.5 Å². The van der Waals surface area contributed by atoms with Crippen molar-refractivity contribution in [2.75, 3.05) is 33.9 Å². The monoisotopic (exact) mass is 329 g/mol. The van der Waals surface area contributed by atoms with Crippen LogP contribution in [0.25, 0.3) is 11.3 Å². The van der Waals surface area contributed by atoms with Crippen LogP contribution in [0.3, 0.4) is 0 Å². The van der Waals surface area contributed by atoms with Crippen LogP contribution >= 0.6 is 0 Å². The van der Waals surface area contributed by atoms with Crippen LogP contribution in [0.1, 0.15) is 23.3 Å². The lowest BCUT2D eigenvalue weighted by atomic mass is 9.88. The first-order valence-electron chi connectivity index (χ1n) is 8.16. The van der Waals surface area contributed by atoms with Crippen LogP contribution in [-0.4, -0.2) is 55.4 Å². The van der Waals surface area contributed by atoms with E-state index in [0.717, 1.165) is 31.6 Å². The molecule has 0 radical (unpaired) electrons. The Morgan fingerprint density at radius 1 is 1.25 bits per heavy atom.